The molecule has 1 heterocycles. The Labute approximate surface area is 97.8 Å². The highest BCUT2D eigenvalue weighted by atomic mass is 16.4. The molecule has 92 valence electrons. The average molecular weight is 225 g/mol. The van der Waals surface area contributed by atoms with Gasteiger partial charge in [0, 0.05) is 12.1 Å². The Balaban J connectivity index is 1.92. The first-order valence-electron chi connectivity index (χ1n) is 6.75. The van der Waals surface area contributed by atoms with Crippen LogP contribution in [-0.2, 0) is 4.79 Å². The predicted octanol–water partition coefficient (Wildman–Crippen LogP) is 2.65. The van der Waals surface area contributed by atoms with Crippen molar-refractivity contribution in [2.24, 2.45) is 0 Å². The minimum absolute atomic E-state index is 0.320. The largest absolute Gasteiger partial charge is 0.481 e. The molecule has 0 amide bonds. The molecule has 2 aliphatic rings. The molecule has 2 fully saturated rings. The first-order valence-corrected chi connectivity index (χ1v) is 6.75. The molecule has 1 aliphatic carbocycles. The van der Waals surface area contributed by atoms with Crippen molar-refractivity contribution in [3.63, 3.8) is 0 Å². The van der Waals surface area contributed by atoms with Crippen LogP contribution in [0.2, 0.25) is 0 Å². The van der Waals surface area contributed by atoms with Crippen molar-refractivity contribution < 1.29 is 9.90 Å². The van der Waals surface area contributed by atoms with E-state index in [9.17, 15) is 4.79 Å². The van der Waals surface area contributed by atoms with Gasteiger partial charge >= 0.3 is 5.97 Å². The van der Waals surface area contributed by atoms with Crippen LogP contribution in [0.25, 0.3) is 0 Å². The molecule has 1 unspecified atom stereocenters. The Morgan fingerprint density at radius 3 is 2.38 bits per heavy atom. The van der Waals surface area contributed by atoms with Crippen LogP contribution in [0.3, 0.4) is 0 Å². The molecule has 0 aromatic heterocycles. The van der Waals surface area contributed by atoms with Crippen molar-refractivity contribution >= 4 is 5.97 Å². The summed E-state index contributed by atoms with van der Waals surface area (Å²) < 4.78 is 0. The summed E-state index contributed by atoms with van der Waals surface area (Å²) >= 11 is 0. The van der Waals surface area contributed by atoms with Crippen LogP contribution in [0.15, 0.2) is 0 Å². The lowest BCUT2D eigenvalue weighted by Gasteiger charge is -2.31. The van der Waals surface area contributed by atoms with E-state index in [2.05, 4.69) is 4.90 Å². The number of rotatable bonds is 3. The number of nitrogens with zero attached hydrogens (tertiary/aromatic N) is 1. The predicted molar refractivity (Wildman–Crippen MR) is 63.5 cm³/mol. The van der Waals surface area contributed by atoms with Gasteiger partial charge in [-0.1, -0.05) is 25.7 Å². The van der Waals surface area contributed by atoms with E-state index in [0.29, 0.717) is 18.5 Å². The zero-order valence-electron chi connectivity index (χ0n) is 10.0. The Morgan fingerprint density at radius 2 is 1.75 bits per heavy atom. The molecule has 1 N–H and O–H groups in total. The van der Waals surface area contributed by atoms with Crippen LogP contribution >= 0.6 is 0 Å². The first kappa shape index (κ1) is 11.9. The molecule has 0 spiro atoms. The van der Waals surface area contributed by atoms with Crippen molar-refractivity contribution in [3.8, 4) is 0 Å². The van der Waals surface area contributed by atoms with Crippen molar-refractivity contribution in [2.75, 3.05) is 6.54 Å². The van der Waals surface area contributed by atoms with Gasteiger partial charge in [-0.3, -0.25) is 9.69 Å². The number of aliphatic carboxylic acids is 1. The molecule has 0 aromatic rings. The molecule has 1 aliphatic heterocycles. The summed E-state index contributed by atoms with van der Waals surface area (Å²) in [7, 11) is 0. The fraction of sp³-hybridized carbons (Fsp3) is 0.923. The highest BCUT2D eigenvalue weighted by molar-refractivity contribution is 5.67. The molecule has 1 atom stereocenters. The van der Waals surface area contributed by atoms with Crippen LogP contribution in [0.4, 0.5) is 0 Å². The zero-order chi connectivity index (χ0) is 11.4. The Morgan fingerprint density at radius 1 is 1.06 bits per heavy atom. The fourth-order valence-electron chi connectivity index (χ4n) is 3.35. The van der Waals surface area contributed by atoms with Crippen molar-refractivity contribution in [1.82, 2.24) is 4.90 Å². The SMILES string of the molecule is O=C(O)CC1CCCN1C1CCCCCC1. The molecular formula is C13H23NO2. The second kappa shape index (κ2) is 5.67. The summed E-state index contributed by atoms with van der Waals surface area (Å²) in [5.41, 5.74) is 0. The monoisotopic (exact) mass is 225 g/mol. The quantitative estimate of drug-likeness (QED) is 0.751. The average Bonchev–Trinajstić information content (AvgIpc) is 2.53. The molecule has 0 bridgehead atoms. The minimum Gasteiger partial charge on any atom is -0.481 e. The Bertz CT molecular complexity index is 234. The molecule has 3 heteroatoms. The topological polar surface area (TPSA) is 40.5 Å². The van der Waals surface area contributed by atoms with E-state index in [1.807, 2.05) is 0 Å². The van der Waals surface area contributed by atoms with E-state index in [-0.39, 0.29) is 0 Å². The van der Waals surface area contributed by atoms with Gasteiger partial charge in [-0.05, 0) is 32.2 Å². The molecule has 0 radical (unpaired) electrons. The van der Waals surface area contributed by atoms with Crippen molar-refractivity contribution in [3.05, 3.63) is 0 Å². The summed E-state index contributed by atoms with van der Waals surface area (Å²) in [6.45, 7) is 1.13. The number of carbonyl (C=O) groups is 1. The number of likely N-dealkylation sites (tertiary alicyclic amines) is 1. The van der Waals surface area contributed by atoms with Crippen LogP contribution in [0.5, 0.6) is 0 Å². The summed E-state index contributed by atoms with van der Waals surface area (Å²) in [6, 6.07) is 0.995. The third-order valence-corrected chi connectivity index (χ3v) is 4.13. The first-order chi connectivity index (χ1) is 7.77. The molecule has 2 rings (SSSR count). The minimum atomic E-state index is -0.634. The standard InChI is InChI=1S/C13H23NO2/c15-13(16)10-12-8-5-9-14(12)11-6-3-1-2-4-7-11/h11-12H,1-10H2,(H,15,16). The van der Waals surface area contributed by atoms with Crippen LogP contribution in [0, 0.1) is 0 Å². The highest BCUT2D eigenvalue weighted by Gasteiger charge is 2.31. The van der Waals surface area contributed by atoms with Gasteiger partial charge in [0.2, 0.25) is 0 Å². The van der Waals surface area contributed by atoms with Gasteiger partial charge in [0.05, 0.1) is 6.42 Å². The molecule has 16 heavy (non-hydrogen) atoms. The Hall–Kier alpha value is -0.570. The van der Waals surface area contributed by atoms with Crippen LogP contribution in [0.1, 0.15) is 57.8 Å². The zero-order valence-corrected chi connectivity index (χ0v) is 10.0. The molecule has 0 aromatic carbocycles. The van der Waals surface area contributed by atoms with Gasteiger partial charge in [0.1, 0.15) is 0 Å². The lowest BCUT2D eigenvalue weighted by atomic mass is 10.0. The number of hydrogen-bond acceptors (Lipinski definition) is 2. The smallest absolute Gasteiger partial charge is 0.304 e. The van der Waals surface area contributed by atoms with Crippen LogP contribution < -0.4 is 0 Å². The van der Waals surface area contributed by atoms with Gasteiger partial charge in [-0.2, -0.15) is 0 Å². The van der Waals surface area contributed by atoms with E-state index in [1.165, 1.54) is 44.9 Å². The number of carboxylic acid groups (broad SMARTS) is 1. The lowest BCUT2D eigenvalue weighted by Crippen LogP contribution is -2.39. The number of carboxylic acids is 1. The van der Waals surface area contributed by atoms with Crippen molar-refractivity contribution in [2.45, 2.75) is 69.9 Å². The summed E-state index contributed by atoms with van der Waals surface area (Å²) in [4.78, 5) is 13.3. The van der Waals surface area contributed by atoms with Gasteiger partial charge < -0.3 is 5.11 Å². The molecule has 3 nitrogen and oxygen atoms in total. The molecular weight excluding hydrogens is 202 g/mol. The molecule has 1 saturated heterocycles. The van der Waals surface area contributed by atoms with Gasteiger partial charge in [0.15, 0.2) is 0 Å². The summed E-state index contributed by atoms with van der Waals surface area (Å²) in [5, 5.41) is 8.92. The number of hydrogen-bond donors (Lipinski definition) is 1. The summed E-state index contributed by atoms with van der Waals surface area (Å²) in [6.07, 6.45) is 10.6. The Kier molecular flexibility index (Phi) is 4.22. The maximum atomic E-state index is 10.8. The highest BCUT2D eigenvalue weighted by Crippen LogP contribution is 2.29. The second-order valence-corrected chi connectivity index (χ2v) is 5.28. The van der Waals surface area contributed by atoms with Gasteiger partial charge in [-0.25, -0.2) is 0 Å². The van der Waals surface area contributed by atoms with E-state index < -0.39 is 5.97 Å². The second-order valence-electron chi connectivity index (χ2n) is 5.28. The van der Waals surface area contributed by atoms with E-state index in [1.54, 1.807) is 0 Å². The van der Waals surface area contributed by atoms with Crippen molar-refractivity contribution in [1.29, 1.82) is 0 Å². The maximum Gasteiger partial charge on any atom is 0.304 e. The lowest BCUT2D eigenvalue weighted by molar-refractivity contribution is -0.138. The fourth-order valence-corrected chi connectivity index (χ4v) is 3.35. The third kappa shape index (κ3) is 2.97. The maximum absolute atomic E-state index is 10.8. The van der Waals surface area contributed by atoms with E-state index >= 15 is 0 Å². The van der Waals surface area contributed by atoms with E-state index in [4.69, 9.17) is 5.11 Å². The van der Waals surface area contributed by atoms with Gasteiger partial charge in [-0.15, -0.1) is 0 Å². The van der Waals surface area contributed by atoms with Crippen LogP contribution in [-0.4, -0.2) is 34.6 Å². The summed E-state index contributed by atoms with van der Waals surface area (Å²) in [5.74, 6) is -0.634. The normalized spacial score (nSPS) is 29.1. The molecule has 1 saturated carbocycles. The third-order valence-electron chi connectivity index (χ3n) is 4.13. The van der Waals surface area contributed by atoms with E-state index in [0.717, 1.165) is 13.0 Å². The van der Waals surface area contributed by atoms with Gasteiger partial charge in [0.25, 0.3) is 0 Å².